The van der Waals surface area contributed by atoms with E-state index in [2.05, 4.69) is 10.6 Å². The van der Waals surface area contributed by atoms with E-state index in [0.29, 0.717) is 48.1 Å². The molecule has 2 aromatic rings. The average molecular weight is 404 g/mol. The summed E-state index contributed by atoms with van der Waals surface area (Å²) in [5.74, 6) is -0.400. The molecule has 1 heterocycles. The molecule has 0 aliphatic carbocycles. The summed E-state index contributed by atoms with van der Waals surface area (Å²) in [6, 6.07) is 13.5. The summed E-state index contributed by atoms with van der Waals surface area (Å²) in [6.45, 7) is 2.24. The van der Waals surface area contributed by atoms with Gasteiger partial charge in [0.1, 0.15) is 0 Å². The molecule has 3 rings (SSSR count). The molecule has 1 aliphatic rings. The Balaban J connectivity index is 1.61. The zero-order valence-corrected chi connectivity index (χ0v) is 16.0. The van der Waals surface area contributed by atoms with Crippen LogP contribution in [0.5, 0.6) is 0 Å². The minimum Gasteiger partial charge on any atom is -0.378 e. The van der Waals surface area contributed by atoms with Crippen LogP contribution in [0.25, 0.3) is 0 Å². The quantitative estimate of drug-likeness (QED) is 0.771. The number of halogens is 1. The van der Waals surface area contributed by atoms with Gasteiger partial charge in [0.2, 0.25) is 0 Å². The normalized spacial score (nSPS) is 13.7. The number of nitrogens with zero attached hydrogens (tertiary/aromatic N) is 1. The van der Waals surface area contributed by atoms with Crippen LogP contribution in [0, 0.1) is 0 Å². The Morgan fingerprint density at radius 2 is 1.74 bits per heavy atom. The van der Waals surface area contributed by atoms with Crippen LogP contribution in [-0.2, 0) is 4.74 Å². The second-order valence-electron chi connectivity index (χ2n) is 5.90. The van der Waals surface area contributed by atoms with Crippen LogP contribution in [0.15, 0.2) is 48.5 Å². The Morgan fingerprint density at radius 3 is 2.44 bits per heavy atom. The molecule has 8 heteroatoms. The molecule has 2 N–H and O–H groups in total. The van der Waals surface area contributed by atoms with Gasteiger partial charge in [-0.1, -0.05) is 17.7 Å². The number of rotatable bonds is 3. The third-order valence-electron chi connectivity index (χ3n) is 4.00. The first-order valence-electron chi connectivity index (χ1n) is 8.38. The van der Waals surface area contributed by atoms with E-state index in [1.54, 1.807) is 53.4 Å². The van der Waals surface area contributed by atoms with Crippen molar-refractivity contribution in [3.63, 3.8) is 0 Å². The number of amides is 2. The lowest BCUT2D eigenvalue weighted by atomic mass is 10.1. The largest absolute Gasteiger partial charge is 0.378 e. The summed E-state index contributed by atoms with van der Waals surface area (Å²) >= 11 is 11.0. The van der Waals surface area contributed by atoms with Gasteiger partial charge < -0.3 is 15.0 Å². The monoisotopic (exact) mass is 403 g/mol. The maximum absolute atomic E-state index is 12.6. The van der Waals surface area contributed by atoms with E-state index in [1.165, 1.54) is 0 Å². The third-order valence-corrected chi connectivity index (χ3v) is 4.46. The summed E-state index contributed by atoms with van der Waals surface area (Å²) in [7, 11) is 0. The second-order valence-corrected chi connectivity index (χ2v) is 6.75. The van der Waals surface area contributed by atoms with Crippen molar-refractivity contribution in [2.24, 2.45) is 0 Å². The highest BCUT2D eigenvalue weighted by molar-refractivity contribution is 7.80. The highest BCUT2D eigenvalue weighted by atomic mass is 35.5. The van der Waals surface area contributed by atoms with E-state index in [0.717, 1.165) is 0 Å². The van der Waals surface area contributed by atoms with Gasteiger partial charge in [-0.3, -0.25) is 14.9 Å². The van der Waals surface area contributed by atoms with Gasteiger partial charge in [-0.05, 0) is 54.7 Å². The number of hydrogen-bond donors (Lipinski definition) is 2. The fourth-order valence-electron chi connectivity index (χ4n) is 2.62. The smallest absolute Gasteiger partial charge is 0.257 e. The van der Waals surface area contributed by atoms with Crippen molar-refractivity contribution in [2.75, 3.05) is 31.6 Å². The molecule has 1 aliphatic heterocycles. The summed E-state index contributed by atoms with van der Waals surface area (Å²) in [5.41, 5.74) is 1.61. The Labute approximate surface area is 167 Å². The van der Waals surface area contributed by atoms with Gasteiger partial charge in [0, 0.05) is 34.9 Å². The van der Waals surface area contributed by atoms with E-state index in [-0.39, 0.29) is 16.9 Å². The zero-order chi connectivity index (χ0) is 19.2. The molecule has 0 aromatic heterocycles. The minimum absolute atomic E-state index is 0.0573. The van der Waals surface area contributed by atoms with E-state index >= 15 is 0 Å². The first kappa shape index (κ1) is 19.3. The van der Waals surface area contributed by atoms with Gasteiger partial charge in [-0.2, -0.15) is 0 Å². The van der Waals surface area contributed by atoms with Crippen molar-refractivity contribution >= 4 is 46.4 Å². The molecule has 1 fully saturated rings. The molecule has 6 nitrogen and oxygen atoms in total. The molecule has 0 spiro atoms. The zero-order valence-electron chi connectivity index (χ0n) is 14.4. The maximum atomic E-state index is 12.6. The number of carbonyl (C=O) groups excluding carboxylic acids is 2. The first-order valence-corrected chi connectivity index (χ1v) is 9.16. The van der Waals surface area contributed by atoms with Crippen molar-refractivity contribution < 1.29 is 14.3 Å². The fraction of sp³-hybridized carbons (Fsp3) is 0.211. The Kier molecular flexibility index (Phi) is 6.39. The summed E-state index contributed by atoms with van der Waals surface area (Å²) < 4.78 is 5.27. The molecule has 140 valence electrons. The van der Waals surface area contributed by atoms with Gasteiger partial charge in [0.15, 0.2) is 5.11 Å². The highest BCUT2D eigenvalue weighted by Crippen LogP contribution is 2.14. The van der Waals surface area contributed by atoms with Gasteiger partial charge in [-0.15, -0.1) is 0 Å². The van der Waals surface area contributed by atoms with E-state index in [9.17, 15) is 9.59 Å². The fourth-order valence-corrected chi connectivity index (χ4v) is 2.95. The van der Waals surface area contributed by atoms with Crippen LogP contribution in [0.1, 0.15) is 20.7 Å². The average Bonchev–Trinajstić information content (AvgIpc) is 2.68. The number of hydrogen-bond acceptors (Lipinski definition) is 4. The van der Waals surface area contributed by atoms with Crippen LogP contribution in [-0.4, -0.2) is 48.1 Å². The molecule has 0 atom stereocenters. The van der Waals surface area contributed by atoms with Crippen molar-refractivity contribution in [3.8, 4) is 0 Å². The predicted octanol–water partition coefficient (Wildman–Crippen LogP) is 2.94. The van der Waals surface area contributed by atoms with Crippen molar-refractivity contribution in [2.45, 2.75) is 0 Å². The molecular formula is C19H18ClN3O3S. The summed E-state index contributed by atoms with van der Waals surface area (Å²) in [5, 5.41) is 6.23. The summed E-state index contributed by atoms with van der Waals surface area (Å²) in [6.07, 6.45) is 0. The Hall–Kier alpha value is -2.48. The number of morpholine rings is 1. The van der Waals surface area contributed by atoms with Gasteiger partial charge in [0.05, 0.1) is 13.2 Å². The summed E-state index contributed by atoms with van der Waals surface area (Å²) in [4.78, 5) is 26.5. The molecule has 0 radical (unpaired) electrons. The van der Waals surface area contributed by atoms with Crippen molar-refractivity contribution in [3.05, 3.63) is 64.7 Å². The number of thiocarbonyl (C=S) groups is 1. The number of nitrogens with one attached hydrogen (secondary N) is 2. The van der Waals surface area contributed by atoms with Crippen molar-refractivity contribution in [1.82, 2.24) is 10.2 Å². The highest BCUT2D eigenvalue weighted by Gasteiger charge is 2.18. The van der Waals surface area contributed by atoms with Gasteiger partial charge in [-0.25, -0.2) is 0 Å². The molecular weight excluding hydrogens is 386 g/mol. The Morgan fingerprint density at radius 1 is 1.04 bits per heavy atom. The van der Waals surface area contributed by atoms with Crippen molar-refractivity contribution in [1.29, 1.82) is 0 Å². The van der Waals surface area contributed by atoms with E-state index < -0.39 is 0 Å². The Bertz CT molecular complexity index is 852. The lowest BCUT2D eigenvalue weighted by Gasteiger charge is -2.27. The van der Waals surface area contributed by atoms with Gasteiger partial charge in [0.25, 0.3) is 11.8 Å². The molecule has 1 saturated heterocycles. The SMILES string of the molecule is O=C(NC(=S)Nc1cccc(C(=O)N2CCOCC2)c1)c1ccc(Cl)cc1. The van der Waals surface area contributed by atoms with E-state index in [4.69, 9.17) is 28.6 Å². The maximum Gasteiger partial charge on any atom is 0.257 e. The topological polar surface area (TPSA) is 70.7 Å². The lowest BCUT2D eigenvalue weighted by molar-refractivity contribution is 0.0303. The molecule has 2 amide bonds. The lowest BCUT2D eigenvalue weighted by Crippen LogP contribution is -2.40. The molecule has 27 heavy (non-hydrogen) atoms. The van der Waals surface area contributed by atoms with E-state index in [1.807, 2.05) is 0 Å². The van der Waals surface area contributed by atoms with Crippen LogP contribution < -0.4 is 10.6 Å². The number of anilines is 1. The van der Waals surface area contributed by atoms with Crippen LogP contribution >= 0.6 is 23.8 Å². The van der Waals surface area contributed by atoms with Crippen LogP contribution in [0.2, 0.25) is 5.02 Å². The second kappa shape index (κ2) is 8.94. The number of ether oxygens (including phenoxy) is 1. The predicted molar refractivity (Wildman–Crippen MR) is 108 cm³/mol. The van der Waals surface area contributed by atoms with Gasteiger partial charge >= 0.3 is 0 Å². The third kappa shape index (κ3) is 5.26. The van der Waals surface area contributed by atoms with Crippen LogP contribution in [0.4, 0.5) is 5.69 Å². The first-order chi connectivity index (χ1) is 13.0. The molecule has 0 bridgehead atoms. The molecule has 2 aromatic carbocycles. The standard InChI is InChI=1S/C19H18ClN3O3S/c20-15-6-4-13(5-7-15)17(24)22-19(27)21-16-3-1-2-14(12-16)18(25)23-8-10-26-11-9-23/h1-7,12H,8-11H2,(H2,21,22,24,27). The minimum atomic E-state index is -0.343. The molecule has 0 unspecified atom stereocenters. The number of carbonyl (C=O) groups is 2. The molecule has 0 saturated carbocycles. The van der Waals surface area contributed by atoms with Crippen LogP contribution in [0.3, 0.4) is 0 Å². The number of benzene rings is 2.